The number of amides is 1. The lowest BCUT2D eigenvalue weighted by atomic mass is 9.96. The minimum Gasteiger partial charge on any atom is -0.477 e. The Morgan fingerprint density at radius 3 is 2.76 bits per heavy atom. The van der Waals surface area contributed by atoms with E-state index in [2.05, 4.69) is 20.4 Å². The van der Waals surface area contributed by atoms with Gasteiger partial charge < -0.3 is 20.3 Å². The molecule has 176 valence electrons. The average molecular weight is 461 g/mol. The second-order valence-corrected chi connectivity index (χ2v) is 8.30. The molecule has 1 aliphatic heterocycles. The average Bonchev–Trinajstić information content (AvgIpc) is 3.33. The maximum absolute atomic E-state index is 12.7. The van der Waals surface area contributed by atoms with Crippen LogP contribution in [0.4, 0.5) is 5.69 Å². The largest absolute Gasteiger partial charge is 0.477 e. The molecule has 0 spiro atoms. The number of hydrogen-bond donors (Lipinski definition) is 2. The lowest BCUT2D eigenvalue weighted by Crippen LogP contribution is -2.38. The van der Waals surface area contributed by atoms with E-state index in [-0.39, 0.29) is 28.7 Å². The number of nitrogens with zero attached hydrogens (tertiary/aromatic N) is 4. The molecule has 3 aromatic rings. The summed E-state index contributed by atoms with van der Waals surface area (Å²) in [6.07, 6.45) is 1.92. The van der Waals surface area contributed by atoms with Crippen LogP contribution in [-0.4, -0.2) is 47.2 Å². The van der Waals surface area contributed by atoms with Gasteiger partial charge in [0.25, 0.3) is 5.91 Å². The fraction of sp³-hybridized carbons (Fsp3) is 0.360. The van der Waals surface area contributed by atoms with Crippen LogP contribution < -0.4 is 15.8 Å². The minimum atomic E-state index is -0.361. The Morgan fingerprint density at radius 1 is 1.29 bits per heavy atom. The zero-order chi connectivity index (χ0) is 23.9. The van der Waals surface area contributed by atoms with E-state index in [4.69, 9.17) is 15.0 Å². The number of likely N-dealkylation sites (tertiary alicyclic amines) is 1. The fourth-order valence-corrected chi connectivity index (χ4v) is 4.04. The highest BCUT2D eigenvalue weighted by Gasteiger charge is 2.23. The summed E-state index contributed by atoms with van der Waals surface area (Å²) in [6.45, 7) is 5.20. The van der Waals surface area contributed by atoms with E-state index in [1.165, 1.54) is 6.07 Å². The van der Waals surface area contributed by atoms with Gasteiger partial charge in [0.1, 0.15) is 17.3 Å². The van der Waals surface area contributed by atoms with Crippen LogP contribution in [0.15, 0.2) is 47.0 Å². The van der Waals surface area contributed by atoms with Crippen molar-refractivity contribution in [3.8, 4) is 23.2 Å². The van der Waals surface area contributed by atoms with Crippen molar-refractivity contribution in [2.75, 3.05) is 32.0 Å². The van der Waals surface area contributed by atoms with Gasteiger partial charge in [0.05, 0.1) is 18.8 Å². The molecular weight excluding hydrogens is 432 g/mol. The maximum atomic E-state index is 12.7. The van der Waals surface area contributed by atoms with Crippen LogP contribution in [0.1, 0.15) is 41.6 Å². The first-order valence-electron chi connectivity index (χ1n) is 11.4. The van der Waals surface area contributed by atoms with Crippen molar-refractivity contribution < 1.29 is 14.1 Å². The van der Waals surface area contributed by atoms with Crippen LogP contribution in [0.3, 0.4) is 0 Å². The lowest BCUT2D eigenvalue weighted by molar-refractivity contribution is 0.0928. The molecule has 0 saturated carbocycles. The Kier molecular flexibility index (Phi) is 7.40. The van der Waals surface area contributed by atoms with Crippen molar-refractivity contribution in [2.45, 2.75) is 26.3 Å². The highest BCUT2D eigenvalue weighted by Crippen LogP contribution is 2.23. The van der Waals surface area contributed by atoms with Crippen LogP contribution in [0.2, 0.25) is 0 Å². The number of pyridine rings is 1. The molecule has 1 fully saturated rings. The summed E-state index contributed by atoms with van der Waals surface area (Å²) in [7, 11) is 0. The second kappa shape index (κ2) is 10.8. The number of nitrogens with one attached hydrogen (secondary N) is 1. The third kappa shape index (κ3) is 5.53. The van der Waals surface area contributed by atoms with Gasteiger partial charge in [0.2, 0.25) is 5.88 Å². The van der Waals surface area contributed by atoms with Gasteiger partial charge in [-0.25, -0.2) is 4.98 Å². The third-order valence-electron chi connectivity index (χ3n) is 5.90. The molecule has 0 aliphatic carbocycles. The number of carbonyl (C=O) groups excluding carboxylic acids is 1. The van der Waals surface area contributed by atoms with E-state index in [1.54, 1.807) is 6.92 Å². The van der Waals surface area contributed by atoms with Crippen LogP contribution >= 0.6 is 0 Å². The molecule has 34 heavy (non-hydrogen) atoms. The van der Waals surface area contributed by atoms with Gasteiger partial charge in [0, 0.05) is 18.2 Å². The Bertz CT molecular complexity index is 1160. The summed E-state index contributed by atoms with van der Waals surface area (Å²) in [5.74, 6) is 0.972. The molecule has 9 heteroatoms. The number of nitrogens with two attached hydrogens (primary N) is 1. The predicted molar refractivity (Wildman–Crippen MR) is 127 cm³/mol. The summed E-state index contributed by atoms with van der Waals surface area (Å²) in [5, 5.41) is 16.3. The number of nitrogen functional groups attached to an aromatic ring is 1. The Labute approximate surface area is 198 Å². The predicted octanol–water partition coefficient (Wildman–Crippen LogP) is 3.23. The first-order valence-corrected chi connectivity index (χ1v) is 11.4. The van der Waals surface area contributed by atoms with Crippen molar-refractivity contribution >= 4 is 11.6 Å². The van der Waals surface area contributed by atoms with E-state index in [0.29, 0.717) is 25.6 Å². The summed E-state index contributed by atoms with van der Waals surface area (Å²) in [6, 6.07) is 15.4. The SMILES string of the molecule is CCOc1nc(C(=O)NCC2CCN(Cc3cc(-c4ccccc4)no3)CC2)c(N)cc1C#N. The highest BCUT2D eigenvalue weighted by molar-refractivity contribution is 5.97. The van der Waals surface area contributed by atoms with Crippen molar-refractivity contribution in [2.24, 2.45) is 5.92 Å². The smallest absolute Gasteiger partial charge is 0.272 e. The molecule has 3 heterocycles. The number of nitriles is 1. The van der Waals surface area contributed by atoms with Gasteiger partial charge in [-0.2, -0.15) is 5.26 Å². The summed E-state index contributed by atoms with van der Waals surface area (Å²) >= 11 is 0. The fourth-order valence-electron chi connectivity index (χ4n) is 4.04. The number of aromatic nitrogens is 2. The Hall–Kier alpha value is -3.90. The molecule has 4 rings (SSSR count). The van der Waals surface area contributed by atoms with Crippen molar-refractivity contribution in [3.05, 3.63) is 59.5 Å². The minimum absolute atomic E-state index is 0.0828. The van der Waals surface area contributed by atoms with Crippen LogP contribution in [-0.2, 0) is 6.54 Å². The molecule has 1 amide bonds. The zero-order valence-corrected chi connectivity index (χ0v) is 19.2. The molecular formula is C25H28N6O3. The molecule has 0 unspecified atom stereocenters. The number of piperidine rings is 1. The zero-order valence-electron chi connectivity index (χ0n) is 19.2. The van der Waals surface area contributed by atoms with Gasteiger partial charge in [-0.1, -0.05) is 35.5 Å². The number of carbonyl (C=O) groups is 1. The van der Waals surface area contributed by atoms with Crippen LogP contribution in [0.5, 0.6) is 5.88 Å². The van der Waals surface area contributed by atoms with Gasteiger partial charge in [0.15, 0.2) is 11.5 Å². The molecule has 1 aromatic carbocycles. The summed E-state index contributed by atoms with van der Waals surface area (Å²) < 4.78 is 10.9. The number of hydrogen-bond acceptors (Lipinski definition) is 8. The van der Waals surface area contributed by atoms with E-state index in [9.17, 15) is 10.1 Å². The standard InChI is InChI=1S/C25H28N6O3/c1-2-33-25-19(14-26)12-21(27)23(29-25)24(32)28-15-17-8-10-31(11-9-17)16-20-13-22(30-34-20)18-6-4-3-5-7-18/h3-7,12-13,17H,2,8-11,15-16,27H2,1H3,(H,28,32). The number of rotatable bonds is 8. The third-order valence-corrected chi connectivity index (χ3v) is 5.90. The van der Waals surface area contributed by atoms with Crippen molar-refractivity contribution in [3.63, 3.8) is 0 Å². The molecule has 1 saturated heterocycles. The van der Waals surface area contributed by atoms with E-state index in [0.717, 1.165) is 42.9 Å². The summed E-state index contributed by atoms with van der Waals surface area (Å²) in [4.78, 5) is 19.2. The number of anilines is 1. The van der Waals surface area contributed by atoms with E-state index < -0.39 is 0 Å². The molecule has 0 bridgehead atoms. The van der Waals surface area contributed by atoms with Gasteiger partial charge >= 0.3 is 0 Å². The van der Waals surface area contributed by atoms with Crippen molar-refractivity contribution in [1.29, 1.82) is 5.26 Å². The molecule has 0 atom stereocenters. The summed E-state index contributed by atoms with van der Waals surface area (Å²) in [5.41, 5.74) is 8.29. The quantitative estimate of drug-likeness (QED) is 0.524. The van der Waals surface area contributed by atoms with Gasteiger partial charge in [-0.3, -0.25) is 9.69 Å². The lowest BCUT2D eigenvalue weighted by Gasteiger charge is -2.31. The highest BCUT2D eigenvalue weighted by atomic mass is 16.5. The van der Waals surface area contributed by atoms with Gasteiger partial charge in [-0.05, 0) is 44.8 Å². The van der Waals surface area contributed by atoms with E-state index >= 15 is 0 Å². The molecule has 2 aromatic heterocycles. The maximum Gasteiger partial charge on any atom is 0.272 e. The number of ether oxygens (including phenoxy) is 1. The Balaban J connectivity index is 1.26. The monoisotopic (exact) mass is 460 g/mol. The van der Waals surface area contributed by atoms with Gasteiger partial charge in [-0.15, -0.1) is 0 Å². The molecule has 9 nitrogen and oxygen atoms in total. The normalized spacial score (nSPS) is 14.5. The molecule has 0 radical (unpaired) electrons. The van der Waals surface area contributed by atoms with E-state index in [1.807, 2.05) is 42.5 Å². The van der Waals surface area contributed by atoms with Crippen LogP contribution in [0.25, 0.3) is 11.3 Å². The first kappa shape index (κ1) is 23.3. The number of benzene rings is 1. The molecule has 1 aliphatic rings. The van der Waals surface area contributed by atoms with Crippen molar-refractivity contribution in [1.82, 2.24) is 20.4 Å². The van der Waals surface area contributed by atoms with Crippen LogP contribution in [0, 0.1) is 17.2 Å². The topological polar surface area (TPSA) is 130 Å². The molecule has 3 N–H and O–H groups in total. The first-order chi connectivity index (χ1) is 16.6. The second-order valence-electron chi connectivity index (χ2n) is 8.30. The Morgan fingerprint density at radius 2 is 2.06 bits per heavy atom.